The molecule has 1 N–H and O–H groups in total. The lowest BCUT2D eigenvalue weighted by molar-refractivity contribution is -0.141. The van der Waals surface area contributed by atoms with Gasteiger partial charge in [-0.1, -0.05) is 19.9 Å². The Morgan fingerprint density at radius 1 is 1.38 bits per heavy atom. The fourth-order valence-electron chi connectivity index (χ4n) is 3.77. The summed E-state index contributed by atoms with van der Waals surface area (Å²) in [6.45, 7) is 5.92. The first-order valence-electron chi connectivity index (χ1n) is 7.71. The molecule has 0 aromatic heterocycles. The number of hydrogen-bond acceptors (Lipinski definition) is 3. The minimum atomic E-state index is -0.731. The second kappa shape index (κ2) is 6.48. The average Bonchev–Trinajstić information content (AvgIpc) is 2.47. The maximum Gasteiger partial charge on any atom is 0.305 e. The third-order valence-corrected chi connectivity index (χ3v) is 4.66. The summed E-state index contributed by atoms with van der Waals surface area (Å²) in [6, 6.07) is 6.08. The molecule has 116 valence electrons. The van der Waals surface area contributed by atoms with Gasteiger partial charge in [0.15, 0.2) is 0 Å². The number of fused-ring (bicyclic) bond motifs is 1. The molecule has 1 aliphatic carbocycles. The van der Waals surface area contributed by atoms with Gasteiger partial charge < -0.3 is 9.84 Å². The molecule has 4 nitrogen and oxygen atoms in total. The Hall–Kier alpha value is -1.55. The molecule has 1 aromatic rings. The zero-order chi connectivity index (χ0) is 15.5. The van der Waals surface area contributed by atoms with Crippen LogP contribution in [-0.4, -0.2) is 36.2 Å². The van der Waals surface area contributed by atoms with Crippen molar-refractivity contribution in [3.8, 4) is 5.75 Å². The number of carboxylic acids is 1. The number of carboxylic acid groups (broad SMARTS) is 1. The van der Waals surface area contributed by atoms with E-state index in [9.17, 15) is 9.90 Å². The summed E-state index contributed by atoms with van der Waals surface area (Å²) in [4.78, 5) is 13.8. The lowest BCUT2D eigenvalue weighted by Crippen LogP contribution is -2.49. The van der Waals surface area contributed by atoms with Gasteiger partial charge in [-0.2, -0.15) is 0 Å². The fourth-order valence-corrected chi connectivity index (χ4v) is 3.77. The minimum Gasteiger partial charge on any atom is -0.497 e. The van der Waals surface area contributed by atoms with Crippen molar-refractivity contribution >= 4 is 5.97 Å². The molecule has 0 saturated carbocycles. The van der Waals surface area contributed by atoms with Gasteiger partial charge in [-0.05, 0) is 55.6 Å². The zero-order valence-corrected chi connectivity index (χ0v) is 13.2. The molecule has 2 rings (SSSR count). The number of nitrogens with zero attached hydrogens (tertiary/aromatic N) is 1. The molecule has 1 unspecified atom stereocenters. The predicted molar refractivity (Wildman–Crippen MR) is 82.8 cm³/mol. The largest absolute Gasteiger partial charge is 0.497 e. The third kappa shape index (κ3) is 2.91. The van der Waals surface area contributed by atoms with Gasteiger partial charge in [0.2, 0.25) is 0 Å². The highest BCUT2D eigenvalue weighted by atomic mass is 16.5. The van der Waals surface area contributed by atoms with E-state index in [0.29, 0.717) is 0 Å². The van der Waals surface area contributed by atoms with Crippen molar-refractivity contribution in [1.82, 2.24) is 4.90 Å². The maximum absolute atomic E-state index is 11.5. The molecule has 21 heavy (non-hydrogen) atoms. The van der Waals surface area contributed by atoms with Crippen LogP contribution in [0.2, 0.25) is 0 Å². The number of aliphatic carboxylic acids is 1. The first kappa shape index (κ1) is 15.8. The van der Waals surface area contributed by atoms with Crippen molar-refractivity contribution in [1.29, 1.82) is 0 Å². The molecule has 0 bridgehead atoms. The van der Waals surface area contributed by atoms with Gasteiger partial charge in [0.1, 0.15) is 5.75 Å². The SMILES string of the molecule is CCN(CC)C1(CC(=O)O)CCCc2cc(OC)ccc21. The van der Waals surface area contributed by atoms with Gasteiger partial charge in [-0.15, -0.1) is 0 Å². The van der Waals surface area contributed by atoms with Crippen molar-refractivity contribution in [3.05, 3.63) is 29.3 Å². The standard InChI is InChI=1S/C17H25NO3/c1-4-18(5-2)17(12-16(19)20)10-6-7-13-11-14(21-3)8-9-15(13)17/h8-9,11H,4-7,10,12H2,1-3H3,(H,19,20). The van der Waals surface area contributed by atoms with Gasteiger partial charge >= 0.3 is 5.97 Å². The van der Waals surface area contributed by atoms with E-state index in [1.165, 1.54) is 11.1 Å². The van der Waals surface area contributed by atoms with Crippen LogP contribution in [0.3, 0.4) is 0 Å². The molecule has 0 saturated heterocycles. The Morgan fingerprint density at radius 2 is 2.10 bits per heavy atom. The van der Waals surface area contributed by atoms with E-state index in [2.05, 4.69) is 30.9 Å². The minimum absolute atomic E-state index is 0.161. The van der Waals surface area contributed by atoms with E-state index in [1.54, 1.807) is 7.11 Å². The van der Waals surface area contributed by atoms with Crippen LogP contribution in [0.1, 0.15) is 44.2 Å². The number of hydrogen-bond donors (Lipinski definition) is 1. The zero-order valence-electron chi connectivity index (χ0n) is 13.2. The van der Waals surface area contributed by atoms with Crippen molar-refractivity contribution in [3.63, 3.8) is 0 Å². The molecule has 0 heterocycles. The van der Waals surface area contributed by atoms with Gasteiger partial charge in [0, 0.05) is 0 Å². The van der Waals surface area contributed by atoms with Crippen LogP contribution in [0.15, 0.2) is 18.2 Å². The number of carbonyl (C=O) groups is 1. The van der Waals surface area contributed by atoms with Crippen molar-refractivity contribution in [2.75, 3.05) is 20.2 Å². The lowest BCUT2D eigenvalue weighted by Gasteiger charge is -2.46. The summed E-state index contributed by atoms with van der Waals surface area (Å²) >= 11 is 0. The van der Waals surface area contributed by atoms with Crippen molar-refractivity contribution < 1.29 is 14.6 Å². The number of methoxy groups -OCH3 is 1. The van der Waals surface area contributed by atoms with Gasteiger partial charge in [-0.3, -0.25) is 9.69 Å². The lowest BCUT2D eigenvalue weighted by atomic mass is 9.73. The Balaban J connectivity index is 2.54. The average molecular weight is 291 g/mol. The van der Waals surface area contributed by atoms with Crippen LogP contribution in [0.5, 0.6) is 5.75 Å². The van der Waals surface area contributed by atoms with E-state index < -0.39 is 5.97 Å². The summed E-state index contributed by atoms with van der Waals surface area (Å²) in [5.74, 6) is 0.116. The highest BCUT2D eigenvalue weighted by molar-refractivity contribution is 5.69. The molecule has 1 aliphatic rings. The number of rotatable bonds is 6. The van der Waals surface area contributed by atoms with Crippen LogP contribution in [0.4, 0.5) is 0 Å². The van der Waals surface area contributed by atoms with Crippen LogP contribution >= 0.6 is 0 Å². The predicted octanol–water partition coefficient (Wildman–Crippen LogP) is 3.04. The van der Waals surface area contributed by atoms with E-state index in [1.807, 2.05) is 6.07 Å². The Labute approximate surface area is 126 Å². The molecule has 0 amide bonds. The van der Waals surface area contributed by atoms with E-state index >= 15 is 0 Å². The molecule has 1 atom stereocenters. The summed E-state index contributed by atoms with van der Waals surface area (Å²) in [6.07, 6.45) is 3.08. The molecule has 0 fully saturated rings. The molecule has 4 heteroatoms. The second-order valence-corrected chi connectivity index (χ2v) is 5.65. The summed E-state index contributed by atoms with van der Waals surface area (Å²) < 4.78 is 5.31. The Morgan fingerprint density at radius 3 is 2.67 bits per heavy atom. The number of benzene rings is 1. The molecule has 1 aromatic carbocycles. The van der Waals surface area contributed by atoms with Crippen LogP contribution < -0.4 is 4.74 Å². The van der Waals surface area contributed by atoms with E-state index in [0.717, 1.165) is 38.1 Å². The summed E-state index contributed by atoms with van der Waals surface area (Å²) in [5.41, 5.74) is 2.02. The number of aryl methyl sites for hydroxylation is 1. The first-order valence-corrected chi connectivity index (χ1v) is 7.71. The molecular formula is C17H25NO3. The smallest absolute Gasteiger partial charge is 0.305 e. The summed E-state index contributed by atoms with van der Waals surface area (Å²) in [5, 5.41) is 9.45. The van der Waals surface area contributed by atoms with Crippen molar-refractivity contribution in [2.24, 2.45) is 0 Å². The highest BCUT2D eigenvalue weighted by Gasteiger charge is 2.42. The normalized spacial score (nSPS) is 21.1. The highest BCUT2D eigenvalue weighted by Crippen LogP contribution is 2.43. The van der Waals surface area contributed by atoms with E-state index in [-0.39, 0.29) is 12.0 Å². The topological polar surface area (TPSA) is 49.8 Å². The first-order chi connectivity index (χ1) is 10.1. The maximum atomic E-state index is 11.5. The molecule has 0 spiro atoms. The van der Waals surface area contributed by atoms with E-state index in [4.69, 9.17) is 4.74 Å². The van der Waals surface area contributed by atoms with Gasteiger partial charge in [0.25, 0.3) is 0 Å². The van der Waals surface area contributed by atoms with Crippen LogP contribution in [0, 0.1) is 0 Å². The number of ether oxygens (including phenoxy) is 1. The Kier molecular flexibility index (Phi) is 4.88. The Bertz CT molecular complexity index is 511. The quantitative estimate of drug-likeness (QED) is 0.875. The van der Waals surface area contributed by atoms with Gasteiger partial charge in [-0.25, -0.2) is 0 Å². The van der Waals surface area contributed by atoms with Crippen LogP contribution in [-0.2, 0) is 16.8 Å². The van der Waals surface area contributed by atoms with Crippen molar-refractivity contribution in [2.45, 2.75) is 45.1 Å². The molecular weight excluding hydrogens is 266 g/mol. The molecule has 0 radical (unpaired) electrons. The monoisotopic (exact) mass is 291 g/mol. The van der Waals surface area contributed by atoms with Gasteiger partial charge in [0.05, 0.1) is 19.1 Å². The molecule has 0 aliphatic heterocycles. The fraction of sp³-hybridized carbons (Fsp3) is 0.588. The second-order valence-electron chi connectivity index (χ2n) is 5.65. The van der Waals surface area contributed by atoms with Crippen LogP contribution in [0.25, 0.3) is 0 Å². The summed E-state index contributed by atoms with van der Waals surface area (Å²) in [7, 11) is 1.67. The third-order valence-electron chi connectivity index (χ3n) is 4.66.